The second-order valence-corrected chi connectivity index (χ2v) is 8.49. The van der Waals surface area contributed by atoms with Crippen molar-refractivity contribution in [3.05, 3.63) is 35.4 Å². The first kappa shape index (κ1) is 16.4. The Bertz CT molecular complexity index is 572. The molecule has 1 saturated carbocycles. The van der Waals surface area contributed by atoms with Gasteiger partial charge in [0.05, 0.1) is 0 Å². The van der Waals surface area contributed by atoms with E-state index in [1.165, 1.54) is 24.0 Å². The summed E-state index contributed by atoms with van der Waals surface area (Å²) < 4.78 is 5.49. The van der Waals surface area contributed by atoms with E-state index in [1.54, 1.807) is 0 Å². The van der Waals surface area contributed by atoms with Crippen molar-refractivity contribution in [3.8, 4) is 0 Å². The number of benzene rings is 1. The lowest BCUT2D eigenvalue weighted by molar-refractivity contribution is -0.0121. The maximum atomic E-state index is 12.2. The molecule has 3 nitrogen and oxygen atoms in total. The molecule has 1 aromatic carbocycles. The van der Waals surface area contributed by atoms with Crippen LogP contribution in [0.15, 0.2) is 24.3 Å². The van der Waals surface area contributed by atoms with Crippen LogP contribution in [-0.4, -0.2) is 29.7 Å². The predicted molar refractivity (Wildman–Crippen MR) is 92.6 cm³/mol. The molecule has 2 fully saturated rings. The lowest BCUT2D eigenvalue weighted by Crippen LogP contribution is -2.49. The first-order valence-electron chi connectivity index (χ1n) is 8.81. The number of piperidine rings is 1. The number of hydrogen-bond donors (Lipinski definition) is 0. The van der Waals surface area contributed by atoms with E-state index in [9.17, 15) is 4.79 Å². The molecule has 1 aliphatic heterocycles. The van der Waals surface area contributed by atoms with Crippen molar-refractivity contribution in [1.82, 2.24) is 4.90 Å². The molecule has 126 valence electrons. The van der Waals surface area contributed by atoms with Crippen LogP contribution < -0.4 is 0 Å². The molecule has 1 amide bonds. The number of carbonyl (C=O) groups excluding carboxylic acids is 1. The number of likely N-dealkylation sites (tertiary alicyclic amines) is 1. The fourth-order valence-corrected chi connectivity index (χ4v) is 4.04. The highest BCUT2D eigenvalue weighted by atomic mass is 16.6. The molecule has 0 unspecified atom stereocenters. The molecule has 1 aliphatic carbocycles. The molecule has 3 heteroatoms. The molecule has 1 heterocycles. The average molecular weight is 315 g/mol. The van der Waals surface area contributed by atoms with E-state index < -0.39 is 5.60 Å². The van der Waals surface area contributed by atoms with Crippen LogP contribution in [0.2, 0.25) is 0 Å². The molecule has 0 N–H and O–H groups in total. The zero-order chi connectivity index (χ0) is 16.7. The normalized spacial score (nSPS) is 21.1. The zero-order valence-corrected chi connectivity index (χ0v) is 14.9. The summed E-state index contributed by atoms with van der Waals surface area (Å²) in [5, 5.41) is 0. The van der Waals surface area contributed by atoms with Crippen LogP contribution in [-0.2, 0) is 4.74 Å². The van der Waals surface area contributed by atoms with E-state index >= 15 is 0 Å². The van der Waals surface area contributed by atoms with Crippen LogP contribution in [0.3, 0.4) is 0 Å². The molecule has 3 rings (SSSR count). The van der Waals surface area contributed by atoms with Crippen molar-refractivity contribution < 1.29 is 9.53 Å². The third kappa shape index (κ3) is 3.70. The van der Waals surface area contributed by atoms with E-state index in [-0.39, 0.29) is 6.09 Å². The maximum absolute atomic E-state index is 12.2. The van der Waals surface area contributed by atoms with Crippen LogP contribution in [0.25, 0.3) is 0 Å². The topological polar surface area (TPSA) is 29.5 Å². The lowest BCUT2D eigenvalue weighted by Gasteiger charge is -2.52. The van der Waals surface area contributed by atoms with Crippen LogP contribution in [0.5, 0.6) is 0 Å². The van der Waals surface area contributed by atoms with Crippen LogP contribution in [0.4, 0.5) is 4.79 Å². The fraction of sp³-hybridized carbons (Fsp3) is 0.650. The van der Waals surface area contributed by atoms with Crippen molar-refractivity contribution in [2.45, 2.75) is 64.9 Å². The van der Waals surface area contributed by atoms with Gasteiger partial charge in [-0.25, -0.2) is 4.79 Å². The number of ether oxygens (including phenoxy) is 1. The van der Waals surface area contributed by atoms with Gasteiger partial charge in [-0.1, -0.05) is 29.8 Å². The summed E-state index contributed by atoms with van der Waals surface area (Å²) in [5.41, 5.74) is 2.90. The summed E-state index contributed by atoms with van der Waals surface area (Å²) in [6.45, 7) is 9.63. The molecule has 1 saturated heterocycles. The van der Waals surface area contributed by atoms with Gasteiger partial charge in [-0.2, -0.15) is 0 Å². The van der Waals surface area contributed by atoms with E-state index in [1.807, 2.05) is 25.7 Å². The minimum atomic E-state index is -0.404. The van der Waals surface area contributed by atoms with Crippen molar-refractivity contribution in [3.63, 3.8) is 0 Å². The Labute approximate surface area is 140 Å². The van der Waals surface area contributed by atoms with E-state index in [0.717, 1.165) is 25.9 Å². The summed E-state index contributed by atoms with van der Waals surface area (Å²) in [6, 6.07) is 8.92. The lowest BCUT2D eigenvalue weighted by atomic mass is 9.56. The molecule has 0 atom stereocenters. The molecule has 2 aliphatic rings. The number of hydrogen-bond acceptors (Lipinski definition) is 2. The third-order valence-electron chi connectivity index (χ3n) is 5.35. The van der Waals surface area contributed by atoms with Crippen molar-refractivity contribution in [1.29, 1.82) is 0 Å². The van der Waals surface area contributed by atoms with Gasteiger partial charge in [0.25, 0.3) is 0 Å². The third-order valence-corrected chi connectivity index (χ3v) is 5.35. The molecule has 0 aromatic heterocycles. The molecule has 23 heavy (non-hydrogen) atoms. The molecular weight excluding hydrogens is 286 g/mol. The van der Waals surface area contributed by atoms with Crippen LogP contribution >= 0.6 is 0 Å². The number of aryl methyl sites for hydroxylation is 1. The summed E-state index contributed by atoms with van der Waals surface area (Å²) >= 11 is 0. The number of rotatable bonds is 1. The van der Waals surface area contributed by atoms with Gasteiger partial charge >= 0.3 is 6.09 Å². The Hall–Kier alpha value is -1.51. The van der Waals surface area contributed by atoms with Gasteiger partial charge in [0.15, 0.2) is 0 Å². The van der Waals surface area contributed by atoms with Gasteiger partial charge in [-0.05, 0) is 70.3 Å². The van der Waals surface area contributed by atoms with Gasteiger partial charge in [0.2, 0.25) is 0 Å². The quantitative estimate of drug-likeness (QED) is 0.738. The highest BCUT2D eigenvalue weighted by Gasteiger charge is 2.47. The Kier molecular flexibility index (Phi) is 4.16. The summed E-state index contributed by atoms with van der Waals surface area (Å²) in [7, 11) is 0. The van der Waals surface area contributed by atoms with Crippen LogP contribution in [0, 0.1) is 12.3 Å². The van der Waals surface area contributed by atoms with E-state index in [2.05, 4.69) is 31.2 Å². The average Bonchev–Trinajstić information content (AvgIpc) is 2.43. The maximum Gasteiger partial charge on any atom is 0.410 e. The largest absolute Gasteiger partial charge is 0.444 e. The minimum Gasteiger partial charge on any atom is -0.444 e. The smallest absolute Gasteiger partial charge is 0.410 e. The Morgan fingerprint density at radius 2 is 1.87 bits per heavy atom. The minimum absolute atomic E-state index is 0.151. The summed E-state index contributed by atoms with van der Waals surface area (Å²) in [4.78, 5) is 14.0. The first-order valence-corrected chi connectivity index (χ1v) is 8.81. The number of carbonyl (C=O) groups is 1. The van der Waals surface area contributed by atoms with Crippen LogP contribution in [0.1, 0.15) is 63.5 Å². The summed E-state index contributed by atoms with van der Waals surface area (Å²) in [6.07, 6.45) is 4.64. The van der Waals surface area contributed by atoms with E-state index in [0.29, 0.717) is 11.3 Å². The first-order chi connectivity index (χ1) is 10.8. The summed E-state index contributed by atoms with van der Waals surface area (Å²) in [5.74, 6) is 0.711. The SMILES string of the molecule is Cc1cccc(C2CC3(CCN(C(=O)OC(C)(C)C)CC3)C2)c1. The number of amides is 1. The monoisotopic (exact) mass is 315 g/mol. The van der Waals surface area contributed by atoms with Crippen molar-refractivity contribution in [2.24, 2.45) is 5.41 Å². The Morgan fingerprint density at radius 3 is 2.43 bits per heavy atom. The van der Waals surface area contributed by atoms with Crippen molar-refractivity contribution >= 4 is 6.09 Å². The molecule has 1 aromatic rings. The van der Waals surface area contributed by atoms with Gasteiger partial charge in [-0.15, -0.1) is 0 Å². The fourth-order valence-electron chi connectivity index (χ4n) is 4.04. The molecule has 0 radical (unpaired) electrons. The number of nitrogens with zero attached hydrogens (tertiary/aromatic N) is 1. The standard InChI is InChI=1S/C20H29NO2/c1-15-6-5-7-16(12-15)17-13-20(14-17)8-10-21(11-9-20)18(22)23-19(2,3)4/h5-7,12,17H,8-11,13-14H2,1-4H3. The highest BCUT2D eigenvalue weighted by molar-refractivity contribution is 5.68. The molecular formula is C20H29NO2. The Balaban J connectivity index is 1.52. The van der Waals surface area contributed by atoms with Gasteiger partial charge < -0.3 is 9.64 Å². The molecule has 1 spiro atoms. The van der Waals surface area contributed by atoms with Crippen molar-refractivity contribution in [2.75, 3.05) is 13.1 Å². The molecule has 0 bridgehead atoms. The second kappa shape index (κ2) is 5.85. The Morgan fingerprint density at radius 1 is 1.22 bits per heavy atom. The van der Waals surface area contributed by atoms with Gasteiger partial charge in [-0.3, -0.25) is 0 Å². The van der Waals surface area contributed by atoms with E-state index in [4.69, 9.17) is 4.74 Å². The second-order valence-electron chi connectivity index (χ2n) is 8.49. The zero-order valence-electron chi connectivity index (χ0n) is 14.9. The van der Waals surface area contributed by atoms with Gasteiger partial charge in [0.1, 0.15) is 5.60 Å². The predicted octanol–water partition coefficient (Wildman–Crippen LogP) is 4.89. The van der Waals surface area contributed by atoms with Gasteiger partial charge in [0, 0.05) is 13.1 Å². The highest BCUT2D eigenvalue weighted by Crippen LogP contribution is 2.56.